The second kappa shape index (κ2) is 5.92. The Labute approximate surface area is 121 Å². The second-order valence-electron chi connectivity index (χ2n) is 5.01. The maximum atomic E-state index is 11.1. The van der Waals surface area contributed by atoms with E-state index in [1.807, 2.05) is 18.2 Å². The summed E-state index contributed by atoms with van der Waals surface area (Å²) in [5, 5.41) is 12.8. The average molecular weight is 327 g/mol. The van der Waals surface area contributed by atoms with E-state index in [2.05, 4.69) is 26.1 Å². The number of aliphatic hydroxyl groups is 1. The van der Waals surface area contributed by atoms with Gasteiger partial charge in [-0.3, -0.25) is 4.79 Å². The summed E-state index contributed by atoms with van der Waals surface area (Å²) in [6.07, 6.45) is 0.432. The van der Waals surface area contributed by atoms with Gasteiger partial charge in [-0.15, -0.1) is 0 Å². The van der Waals surface area contributed by atoms with Crippen molar-refractivity contribution in [3.05, 3.63) is 28.2 Å². The lowest BCUT2D eigenvalue weighted by Crippen LogP contribution is -2.35. The largest absolute Gasteiger partial charge is 0.389 e. The van der Waals surface area contributed by atoms with Gasteiger partial charge in [-0.25, -0.2) is 0 Å². The number of nitrogens with one attached hydrogen (secondary N) is 1. The molecule has 19 heavy (non-hydrogen) atoms. The first-order valence-corrected chi connectivity index (χ1v) is 7.26. The number of benzene rings is 1. The highest BCUT2D eigenvalue weighted by molar-refractivity contribution is 9.10. The molecule has 1 fully saturated rings. The van der Waals surface area contributed by atoms with Crippen molar-refractivity contribution in [1.29, 1.82) is 0 Å². The van der Waals surface area contributed by atoms with Gasteiger partial charge in [0.05, 0.1) is 6.10 Å². The van der Waals surface area contributed by atoms with Gasteiger partial charge < -0.3 is 15.3 Å². The molecule has 4 nitrogen and oxygen atoms in total. The topological polar surface area (TPSA) is 52.6 Å². The zero-order valence-electron chi connectivity index (χ0n) is 11.2. The highest BCUT2D eigenvalue weighted by Gasteiger charge is 2.25. The van der Waals surface area contributed by atoms with Gasteiger partial charge in [0, 0.05) is 41.8 Å². The van der Waals surface area contributed by atoms with Crippen LogP contribution in [-0.2, 0) is 4.79 Å². The van der Waals surface area contributed by atoms with Gasteiger partial charge in [0.1, 0.15) is 0 Å². The summed E-state index contributed by atoms with van der Waals surface area (Å²) in [6.45, 7) is 5.00. The van der Waals surface area contributed by atoms with Crippen LogP contribution in [0.2, 0.25) is 0 Å². The number of aliphatic hydroxyl groups excluding tert-OH is 1. The molecule has 104 valence electrons. The van der Waals surface area contributed by atoms with E-state index < -0.39 is 6.10 Å². The van der Waals surface area contributed by atoms with E-state index in [1.165, 1.54) is 0 Å². The van der Waals surface area contributed by atoms with Crippen LogP contribution in [0.5, 0.6) is 0 Å². The summed E-state index contributed by atoms with van der Waals surface area (Å²) < 4.78 is 0.963. The molecule has 1 heterocycles. The highest BCUT2D eigenvalue weighted by Crippen LogP contribution is 2.31. The fraction of sp³-hybridized carbons (Fsp3) is 0.500. The third-order valence-electron chi connectivity index (χ3n) is 3.38. The smallest absolute Gasteiger partial charge is 0.217 e. The van der Waals surface area contributed by atoms with E-state index >= 15 is 0 Å². The molecule has 0 aromatic heterocycles. The number of hydrogen-bond acceptors (Lipinski definition) is 3. The van der Waals surface area contributed by atoms with Crippen molar-refractivity contribution in [3.8, 4) is 0 Å². The number of rotatable bonds is 3. The molecule has 0 bridgehead atoms. The summed E-state index contributed by atoms with van der Waals surface area (Å²) in [4.78, 5) is 13.3. The van der Waals surface area contributed by atoms with Crippen molar-refractivity contribution >= 4 is 27.5 Å². The molecule has 5 heteroatoms. The molecule has 2 N–H and O–H groups in total. The Hall–Kier alpha value is -1.07. The van der Waals surface area contributed by atoms with E-state index in [4.69, 9.17) is 0 Å². The summed E-state index contributed by atoms with van der Waals surface area (Å²) in [5.41, 5.74) is 1.96. The Morgan fingerprint density at radius 2 is 2.32 bits per heavy atom. The van der Waals surface area contributed by atoms with Crippen molar-refractivity contribution in [2.75, 3.05) is 18.0 Å². The maximum absolute atomic E-state index is 11.1. The molecular weight excluding hydrogens is 308 g/mol. The molecule has 1 saturated heterocycles. The normalized spacial score (nSPS) is 20.4. The lowest BCUT2D eigenvalue weighted by atomic mass is 10.1. The Balaban J connectivity index is 2.17. The summed E-state index contributed by atoms with van der Waals surface area (Å²) in [6, 6.07) is 6.14. The molecule has 0 radical (unpaired) electrons. The van der Waals surface area contributed by atoms with Gasteiger partial charge in [0.25, 0.3) is 0 Å². The molecule has 1 amide bonds. The van der Waals surface area contributed by atoms with E-state index in [0.29, 0.717) is 0 Å². The number of amides is 1. The zero-order chi connectivity index (χ0) is 14.0. The predicted molar refractivity (Wildman–Crippen MR) is 79.2 cm³/mol. The zero-order valence-corrected chi connectivity index (χ0v) is 12.8. The Morgan fingerprint density at radius 1 is 1.58 bits per heavy atom. The van der Waals surface area contributed by atoms with Crippen molar-refractivity contribution < 1.29 is 9.90 Å². The molecule has 2 rings (SSSR count). The van der Waals surface area contributed by atoms with E-state index in [1.54, 1.807) is 13.8 Å². The van der Waals surface area contributed by atoms with Crippen LogP contribution in [0, 0.1) is 0 Å². The summed E-state index contributed by atoms with van der Waals surface area (Å²) in [7, 11) is 0. The second-order valence-corrected chi connectivity index (χ2v) is 5.93. The van der Waals surface area contributed by atoms with Crippen LogP contribution in [0.1, 0.15) is 31.9 Å². The van der Waals surface area contributed by atoms with E-state index in [-0.39, 0.29) is 11.9 Å². The minimum atomic E-state index is -0.507. The first kappa shape index (κ1) is 14.3. The van der Waals surface area contributed by atoms with Crippen molar-refractivity contribution in [1.82, 2.24) is 5.32 Å². The minimum absolute atomic E-state index is 0.0124. The van der Waals surface area contributed by atoms with Crippen LogP contribution in [0.15, 0.2) is 22.7 Å². The molecule has 1 aliphatic heterocycles. The predicted octanol–water partition coefficient (Wildman–Crippen LogP) is 2.22. The summed E-state index contributed by atoms with van der Waals surface area (Å²) >= 11 is 3.43. The van der Waals surface area contributed by atoms with E-state index in [0.717, 1.165) is 35.2 Å². The molecule has 1 aliphatic rings. The number of nitrogens with zero attached hydrogens (tertiary/aromatic N) is 1. The molecular formula is C14H19BrN2O2. The molecule has 2 unspecified atom stereocenters. The van der Waals surface area contributed by atoms with Crippen molar-refractivity contribution in [3.63, 3.8) is 0 Å². The number of hydrogen-bond donors (Lipinski definition) is 2. The quantitative estimate of drug-likeness (QED) is 0.895. The van der Waals surface area contributed by atoms with Crippen LogP contribution in [-0.4, -0.2) is 30.1 Å². The number of carbonyl (C=O) groups excluding carboxylic acids is 1. The lowest BCUT2D eigenvalue weighted by molar-refractivity contribution is -0.119. The molecule has 0 aliphatic carbocycles. The summed E-state index contributed by atoms with van der Waals surface area (Å²) in [5.74, 6) is 0.0124. The first-order chi connectivity index (χ1) is 8.97. The SMILES string of the molecule is CC(=O)NC1CCN(c2ccc(Br)cc2C(C)O)C1. The molecule has 1 aromatic rings. The van der Waals surface area contributed by atoms with E-state index in [9.17, 15) is 9.90 Å². The molecule has 2 atom stereocenters. The number of halogens is 1. The Morgan fingerprint density at radius 3 is 2.95 bits per heavy atom. The van der Waals surface area contributed by atoms with Gasteiger partial charge in [-0.05, 0) is 31.5 Å². The van der Waals surface area contributed by atoms with Crippen LogP contribution in [0.25, 0.3) is 0 Å². The van der Waals surface area contributed by atoms with Crippen LogP contribution in [0.4, 0.5) is 5.69 Å². The van der Waals surface area contributed by atoms with Gasteiger partial charge in [-0.2, -0.15) is 0 Å². The standard InChI is InChI=1S/C14H19BrN2O2/c1-9(18)13-7-11(15)3-4-14(13)17-6-5-12(8-17)16-10(2)19/h3-4,7,9,12,18H,5-6,8H2,1-2H3,(H,16,19). The van der Waals surface area contributed by atoms with Gasteiger partial charge >= 0.3 is 0 Å². The lowest BCUT2D eigenvalue weighted by Gasteiger charge is -2.23. The minimum Gasteiger partial charge on any atom is -0.389 e. The maximum Gasteiger partial charge on any atom is 0.217 e. The van der Waals surface area contributed by atoms with Crippen LogP contribution >= 0.6 is 15.9 Å². The van der Waals surface area contributed by atoms with Gasteiger partial charge in [0.2, 0.25) is 5.91 Å². The number of carbonyl (C=O) groups is 1. The van der Waals surface area contributed by atoms with Crippen molar-refractivity contribution in [2.24, 2.45) is 0 Å². The van der Waals surface area contributed by atoms with Gasteiger partial charge in [0.15, 0.2) is 0 Å². The third-order valence-corrected chi connectivity index (χ3v) is 3.87. The fourth-order valence-electron chi connectivity index (χ4n) is 2.53. The molecule has 0 saturated carbocycles. The fourth-order valence-corrected chi connectivity index (χ4v) is 2.91. The van der Waals surface area contributed by atoms with Gasteiger partial charge in [-0.1, -0.05) is 15.9 Å². The Kier molecular flexibility index (Phi) is 4.47. The Bertz CT molecular complexity index is 477. The highest BCUT2D eigenvalue weighted by atomic mass is 79.9. The molecule has 1 aromatic carbocycles. The number of anilines is 1. The first-order valence-electron chi connectivity index (χ1n) is 6.47. The average Bonchev–Trinajstić information content (AvgIpc) is 2.76. The molecule has 0 spiro atoms. The van der Waals surface area contributed by atoms with Crippen LogP contribution < -0.4 is 10.2 Å². The monoisotopic (exact) mass is 326 g/mol. The van der Waals surface area contributed by atoms with Crippen molar-refractivity contribution in [2.45, 2.75) is 32.4 Å². The van der Waals surface area contributed by atoms with Crippen LogP contribution in [0.3, 0.4) is 0 Å². The third kappa shape index (κ3) is 3.48.